The van der Waals surface area contributed by atoms with Crippen molar-refractivity contribution in [1.82, 2.24) is 0 Å². The zero-order valence-corrected chi connectivity index (χ0v) is 38.9. The molecule has 0 amide bonds. The molecule has 26 unspecified atom stereocenters. The van der Waals surface area contributed by atoms with E-state index in [1.54, 1.807) is 0 Å². The summed E-state index contributed by atoms with van der Waals surface area (Å²) in [7, 11) is -5.07. The number of aliphatic hydroxyl groups is 10. The van der Waals surface area contributed by atoms with E-state index in [1.165, 1.54) is 6.92 Å². The predicted octanol–water partition coefficient (Wildman–Crippen LogP) is -1.39. The highest BCUT2D eigenvalue weighted by molar-refractivity contribution is 7.80. The Morgan fingerprint density at radius 3 is 2.26 bits per heavy atom. The van der Waals surface area contributed by atoms with Crippen LogP contribution in [0.15, 0.2) is 11.6 Å². The minimum Gasteiger partial charge on any atom is -0.394 e. The number of hydrogen-bond acceptors (Lipinski definition) is 20. The molecule has 7 fully saturated rings. The summed E-state index contributed by atoms with van der Waals surface area (Å²) in [6.45, 7) is 8.86. The molecule has 4 saturated heterocycles. The van der Waals surface area contributed by atoms with Gasteiger partial charge in [-0.15, -0.1) is 0 Å². The Labute approximate surface area is 384 Å². The van der Waals surface area contributed by atoms with Crippen LogP contribution in [-0.2, 0) is 47.7 Å². The zero-order chi connectivity index (χ0) is 48.0. The molecule has 0 aromatic rings. The molecule has 8 aliphatic rings. The van der Waals surface area contributed by atoms with Crippen molar-refractivity contribution in [2.75, 3.05) is 19.8 Å². The van der Waals surface area contributed by atoms with Crippen LogP contribution in [0.5, 0.6) is 0 Å². The summed E-state index contributed by atoms with van der Waals surface area (Å²) in [4.78, 5) is 0. The van der Waals surface area contributed by atoms with E-state index in [0.717, 1.165) is 31.3 Å². The number of fused-ring (bicyclic) bond motifs is 7. The van der Waals surface area contributed by atoms with Gasteiger partial charge in [0.15, 0.2) is 24.7 Å². The summed E-state index contributed by atoms with van der Waals surface area (Å²) in [5, 5.41) is 107. The quantitative estimate of drug-likeness (QED) is 0.0747. The van der Waals surface area contributed by atoms with Crippen LogP contribution in [0.2, 0.25) is 0 Å². The second-order valence-corrected chi connectivity index (χ2v) is 22.2. The molecule has 66 heavy (non-hydrogen) atoms. The number of aliphatic hydroxyl groups excluding tert-OH is 9. The van der Waals surface area contributed by atoms with Crippen LogP contribution in [0, 0.1) is 46.3 Å². The zero-order valence-electron chi connectivity index (χ0n) is 38.0. The van der Waals surface area contributed by atoms with Gasteiger partial charge in [0.25, 0.3) is 0 Å². The molecule has 4 aliphatic carbocycles. The van der Waals surface area contributed by atoms with E-state index < -0.39 is 133 Å². The monoisotopic (exact) mass is 968 g/mol. The van der Waals surface area contributed by atoms with Crippen molar-refractivity contribution in [3.63, 3.8) is 0 Å². The maximum atomic E-state index is 12.1. The standard InChI is InChI=1S/C44H72O21S/c1-18(16-58-39-36(52)35(51)32(48)27(15-45)61-39)8-11-44(54)19(2)30-26(64-44)14-25-23-7-6-21-12-22(46)13-29(43(21,5)24(23)9-10-42(25,30)4)62-41-38(33(49)28(17-59-41)65-66(55,56)57)63-40-37(53)34(50)31(47)20(3)60-40/h6,18-20,22-41,45-54H,7-17H2,1-5H3,(H,55,56,57). The number of rotatable bonds is 13. The Morgan fingerprint density at radius 1 is 0.864 bits per heavy atom. The first kappa shape index (κ1) is 51.3. The minimum absolute atomic E-state index is 0.0557. The van der Waals surface area contributed by atoms with E-state index in [-0.39, 0.29) is 60.1 Å². The molecular weight excluding hydrogens is 897 g/mol. The highest BCUT2D eigenvalue weighted by Gasteiger charge is 2.69. The van der Waals surface area contributed by atoms with Gasteiger partial charge in [-0.05, 0) is 80.5 Å². The van der Waals surface area contributed by atoms with Gasteiger partial charge in [0.05, 0.1) is 44.2 Å². The van der Waals surface area contributed by atoms with Crippen molar-refractivity contribution in [3.8, 4) is 0 Å². The highest BCUT2D eigenvalue weighted by atomic mass is 32.3. The average Bonchev–Trinajstić information content (AvgIpc) is 3.69. The molecule has 380 valence electrons. The molecule has 0 aromatic carbocycles. The smallest absolute Gasteiger partial charge is 0.394 e. The summed E-state index contributed by atoms with van der Waals surface area (Å²) in [6, 6.07) is 0. The van der Waals surface area contributed by atoms with Crippen molar-refractivity contribution in [2.45, 2.75) is 196 Å². The molecule has 0 bridgehead atoms. The fourth-order valence-electron chi connectivity index (χ4n) is 13.6. The Bertz CT molecular complexity index is 1840. The molecule has 21 nitrogen and oxygen atoms in total. The Kier molecular flexibility index (Phi) is 14.9. The fraction of sp³-hybridized carbons (Fsp3) is 0.955. The van der Waals surface area contributed by atoms with Crippen molar-refractivity contribution in [3.05, 3.63) is 11.6 Å². The third kappa shape index (κ3) is 9.20. The lowest BCUT2D eigenvalue weighted by Gasteiger charge is -2.60. The van der Waals surface area contributed by atoms with Gasteiger partial charge in [-0.2, -0.15) is 8.42 Å². The summed E-state index contributed by atoms with van der Waals surface area (Å²) < 4.78 is 80.0. The number of hydrogen-bond donors (Lipinski definition) is 11. The van der Waals surface area contributed by atoms with Crippen LogP contribution in [0.3, 0.4) is 0 Å². The molecule has 11 N–H and O–H groups in total. The van der Waals surface area contributed by atoms with Crippen LogP contribution < -0.4 is 0 Å². The molecule has 0 aromatic heterocycles. The first-order valence-corrected chi connectivity index (χ1v) is 24.9. The lowest BCUT2D eigenvalue weighted by atomic mass is 9.46. The number of allylic oxidation sites excluding steroid dienone is 1. The van der Waals surface area contributed by atoms with Crippen LogP contribution in [0.25, 0.3) is 0 Å². The first-order chi connectivity index (χ1) is 30.9. The van der Waals surface area contributed by atoms with Gasteiger partial charge in [0.2, 0.25) is 0 Å². The van der Waals surface area contributed by atoms with E-state index in [2.05, 4.69) is 26.8 Å². The molecule has 4 heterocycles. The SMILES string of the molecule is CC(CCC1(O)OC2CC3C4CC=C5CC(O)CC(OC6OCC(OS(=O)(=O)O)C(O)C6OC6OC(C)C(O)C(O)C6O)C5(C)C4CCC3(C)C2C1C)COC1OC(CO)C(O)C(O)C1O. The topological polar surface area (TPSA) is 331 Å². The largest absolute Gasteiger partial charge is 0.397 e. The van der Waals surface area contributed by atoms with Crippen molar-refractivity contribution in [1.29, 1.82) is 0 Å². The van der Waals surface area contributed by atoms with Gasteiger partial charge in [0, 0.05) is 24.2 Å². The minimum atomic E-state index is -5.07. The molecule has 8 rings (SSSR count). The third-order valence-corrected chi connectivity index (χ3v) is 17.8. The maximum absolute atomic E-state index is 12.1. The van der Waals surface area contributed by atoms with Crippen molar-refractivity contribution < 1.29 is 101 Å². The third-order valence-electron chi connectivity index (χ3n) is 17.3. The summed E-state index contributed by atoms with van der Waals surface area (Å²) in [5.74, 6) is -1.22. The lowest BCUT2D eigenvalue weighted by molar-refractivity contribution is -0.361. The summed E-state index contributed by atoms with van der Waals surface area (Å²) in [5.41, 5.74) is 0.183. The second kappa shape index (κ2) is 19.2. The average molecular weight is 969 g/mol. The van der Waals surface area contributed by atoms with E-state index in [0.29, 0.717) is 19.3 Å². The van der Waals surface area contributed by atoms with Crippen LogP contribution in [-0.4, -0.2) is 194 Å². The Morgan fingerprint density at radius 2 is 1.56 bits per heavy atom. The van der Waals surface area contributed by atoms with Gasteiger partial charge in [-0.25, -0.2) is 4.18 Å². The van der Waals surface area contributed by atoms with E-state index >= 15 is 0 Å². The lowest BCUT2D eigenvalue weighted by Crippen LogP contribution is -2.63. The van der Waals surface area contributed by atoms with Gasteiger partial charge in [-0.3, -0.25) is 4.55 Å². The van der Waals surface area contributed by atoms with Gasteiger partial charge >= 0.3 is 10.4 Å². The van der Waals surface area contributed by atoms with Crippen LogP contribution in [0.4, 0.5) is 0 Å². The van der Waals surface area contributed by atoms with Crippen LogP contribution >= 0.6 is 0 Å². The van der Waals surface area contributed by atoms with Gasteiger partial charge in [0.1, 0.15) is 61.0 Å². The fourth-order valence-corrected chi connectivity index (χ4v) is 14.0. The molecular formula is C44H72O21S. The molecule has 4 aliphatic heterocycles. The maximum Gasteiger partial charge on any atom is 0.397 e. The Hall–Kier alpha value is -1.07. The molecule has 26 atom stereocenters. The van der Waals surface area contributed by atoms with Crippen molar-refractivity contribution >= 4 is 10.4 Å². The summed E-state index contributed by atoms with van der Waals surface area (Å²) >= 11 is 0. The Balaban J connectivity index is 0.955. The predicted molar refractivity (Wildman–Crippen MR) is 223 cm³/mol. The summed E-state index contributed by atoms with van der Waals surface area (Å²) in [6.07, 6.45) is -16.0. The molecule has 22 heteroatoms. The second-order valence-electron chi connectivity index (χ2n) is 21.1. The number of ether oxygens (including phenoxy) is 7. The normalized spacial score (nSPS) is 53.3. The molecule has 3 saturated carbocycles. The van der Waals surface area contributed by atoms with E-state index in [1.807, 2.05) is 6.92 Å². The first-order valence-electron chi connectivity index (χ1n) is 23.6. The highest BCUT2D eigenvalue weighted by Crippen LogP contribution is 2.70. The van der Waals surface area contributed by atoms with Gasteiger partial charge < -0.3 is 84.2 Å². The molecule has 0 spiro atoms. The van der Waals surface area contributed by atoms with E-state index in [9.17, 15) is 64.0 Å². The molecule has 0 radical (unpaired) electrons. The van der Waals surface area contributed by atoms with Crippen LogP contribution in [0.1, 0.15) is 86.0 Å². The van der Waals surface area contributed by atoms with Crippen molar-refractivity contribution in [2.24, 2.45) is 46.3 Å². The van der Waals surface area contributed by atoms with E-state index in [4.69, 9.17) is 37.3 Å². The van der Waals surface area contributed by atoms with Gasteiger partial charge in [-0.1, -0.05) is 39.3 Å².